The van der Waals surface area contributed by atoms with Crippen LogP contribution in [0.4, 0.5) is 0 Å². The van der Waals surface area contributed by atoms with Crippen molar-refractivity contribution in [1.29, 1.82) is 0 Å². The van der Waals surface area contributed by atoms with Crippen molar-refractivity contribution >= 4 is 11.9 Å². The Labute approximate surface area is 122 Å². The summed E-state index contributed by atoms with van der Waals surface area (Å²) in [5, 5.41) is 9.08. The molecule has 0 amide bonds. The topological polar surface area (TPSA) is 76.5 Å². The summed E-state index contributed by atoms with van der Waals surface area (Å²) >= 11 is 0. The Morgan fingerprint density at radius 1 is 1.14 bits per heavy atom. The Kier molecular flexibility index (Phi) is 4.03. The number of aromatic carboxylic acids is 1. The Morgan fingerprint density at radius 2 is 1.76 bits per heavy atom. The first-order valence-corrected chi connectivity index (χ1v) is 6.38. The van der Waals surface area contributed by atoms with E-state index in [1.807, 2.05) is 32.9 Å². The lowest BCUT2D eigenvalue weighted by Gasteiger charge is -2.12. The number of rotatable bonds is 3. The van der Waals surface area contributed by atoms with Gasteiger partial charge < -0.3 is 9.84 Å². The van der Waals surface area contributed by atoms with E-state index >= 15 is 0 Å². The summed E-state index contributed by atoms with van der Waals surface area (Å²) in [6.07, 6.45) is 1.36. The summed E-state index contributed by atoms with van der Waals surface area (Å²) in [6.45, 7) is 5.62. The molecule has 0 fully saturated rings. The van der Waals surface area contributed by atoms with Gasteiger partial charge in [0.1, 0.15) is 5.75 Å². The lowest BCUT2D eigenvalue weighted by molar-refractivity contribution is 0.0663. The van der Waals surface area contributed by atoms with Gasteiger partial charge in [-0.05, 0) is 44.0 Å². The summed E-state index contributed by atoms with van der Waals surface area (Å²) in [5.74, 6) is -1.55. The second-order valence-corrected chi connectivity index (χ2v) is 4.82. The van der Waals surface area contributed by atoms with E-state index in [-0.39, 0.29) is 11.3 Å². The number of pyridine rings is 1. The molecule has 5 nitrogen and oxygen atoms in total. The van der Waals surface area contributed by atoms with Crippen LogP contribution in [0.1, 0.15) is 37.5 Å². The normalized spacial score (nSPS) is 10.2. The fourth-order valence-corrected chi connectivity index (χ4v) is 2.21. The molecule has 0 spiro atoms. The Morgan fingerprint density at radius 3 is 2.33 bits per heavy atom. The molecule has 1 N–H and O–H groups in total. The van der Waals surface area contributed by atoms with E-state index in [2.05, 4.69) is 4.98 Å². The molecule has 0 unspecified atom stereocenters. The molecule has 0 radical (unpaired) electrons. The minimum atomic E-state index is -1.22. The third-order valence-corrected chi connectivity index (χ3v) is 3.03. The van der Waals surface area contributed by atoms with Gasteiger partial charge in [-0.3, -0.25) is 0 Å². The molecule has 1 aromatic carbocycles. The standard InChI is InChI=1S/C16H15NO4/c1-9-7-10(2)14(11(3)8-9)21-16(20)13-12(15(18)19)5-4-6-17-13/h4-8H,1-3H3,(H,18,19). The summed E-state index contributed by atoms with van der Waals surface area (Å²) in [4.78, 5) is 27.1. The number of carbonyl (C=O) groups is 2. The number of hydrogen-bond donors (Lipinski definition) is 1. The van der Waals surface area contributed by atoms with Gasteiger partial charge in [-0.2, -0.15) is 0 Å². The van der Waals surface area contributed by atoms with Crippen LogP contribution in [0.3, 0.4) is 0 Å². The number of esters is 1. The molecule has 0 aliphatic heterocycles. The number of ether oxygens (including phenoxy) is 1. The van der Waals surface area contributed by atoms with Crippen LogP contribution in [0.15, 0.2) is 30.5 Å². The van der Waals surface area contributed by atoms with Gasteiger partial charge in [-0.1, -0.05) is 17.7 Å². The summed E-state index contributed by atoms with van der Waals surface area (Å²) in [7, 11) is 0. The quantitative estimate of drug-likeness (QED) is 0.693. The first-order chi connectivity index (χ1) is 9.90. The molecule has 0 saturated carbocycles. The fraction of sp³-hybridized carbons (Fsp3) is 0.188. The number of aromatic nitrogens is 1. The van der Waals surface area contributed by atoms with Crippen LogP contribution in [-0.4, -0.2) is 22.0 Å². The van der Waals surface area contributed by atoms with Gasteiger partial charge in [0.15, 0.2) is 5.69 Å². The zero-order valence-electron chi connectivity index (χ0n) is 12.0. The van der Waals surface area contributed by atoms with E-state index < -0.39 is 11.9 Å². The highest BCUT2D eigenvalue weighted by Gasteiger charge is 2.20. The van der Waals surface area contributed by atoms with Crippen molar-refractivity contribution < 1.29 is 19.4 Å². The average Bonchev–Trinajstić information content (AvgIpc) is 2.42. The summed E-state index contributed by atoms with van der Waals surface area (Å²) in [6, 6.07) is 6.57. The molecule has 1 heterocycles. The van der Waals surface area contributed by atoms with Gasteiger partial charge in [-0.25, -0.2) is 14.6 Å². The molecule has 2 rings (SSSR count). The minimum Gasteiger partial charge on any atom is -0.478 e. The lowest BCUT2D eigenvalue weighted by Crippen LogP contribution is -2.17. The van der Waals surface area contributed by atoms with Crippen molar-refractivity contribution in [1.82, 2.24) is 4.98 Å². The molecule has 0 atom stereocenters. The number of carboxylic acids is 1. The van der Waals surface area contributed by atoms with Crippen LogP contribution in [0.5, 0.6) is 5.75 Å². The number of benzene rings is 1. The molecule has 5 heteroatoms. The van der Waals surface area contributed by atoms with E-state index in [9.17, 15) is 9.59 Å². The maximum absolute atomic E-state index is 12.2. The van der Waals surface area contributed by atoms with Crippen LogP contribution in [0.2, 0.25) is 0 Å². The molecule has 1 aromatic heterocycles. The highest BCUT2D eigenvalue weighted by molar-refractivity contribution is 6.01. The fourth-order valence-electron chi connectivity index (χ4n) is 2.21. The van der Waals surface area contributed by atoms with Gasteiger partial charge in [0.05, 0.1) is 5.56 Å². The van der Waals surface area contributed by atoms with E-state index in [4.69, 9.17) is 9.84 Å². The van der Waals surface area contributed by atoms with E-state index in [1.54, 1.807) is 0 Å². The van der Waals surface area contributed by atoms with Crippen molar-refractivity contribution in [3.05, 3.63) is 58.4 Å². The number of nitrogens with zero attached hydrogens (tertiary/aromatic N) is 1. The van der Waals surface area contributed by atoms with Crippen molar-refractivity contribution in [2.24, 2.45) is 0 Å². The van der Waals surface area contributed by atoms with Gasteiger partial charge in [-0.15, -0.1) is 0 Å². The third kappa shape index (κ3) is 3.08. The number of hydrogen-bond acceptors (Lipinski definition) is 4. The Hall–Kier alpha value is -2.69. The van der Waals surface area contributed by atoms with E-state index in [1.165, 1.54) is 18.3 Å². The van der Waals surface area contributed by atoms with Crippen molar-refractivity contribution in [2.45, 2.75) is 20.8 Å². The number of carbonyl (C=O) groups excluding carboxylic acids is 1. The first-order valence-electron chi connectivity index (χ1n) is 6.38. The summed E-state index contributed by atoms with van der Waals surface area (Å²) < 4.78 is 5.34. The predicted molar refractivity (Wildman–Crippen MR) is 76.8 cm³/mol. The highest BCUT2D eigenvalue weighted by Crippen LogP contribution is 2.25. The average molecular weight is 285 g/mol. The molecule has 108 valence electrons. The van der Waals surface area contributed by atoms with Gasteiger partial charge in [0.2, 0.25) is 0 Å². The monoisotopic (exact) mass is 285 g/mol. The molecule has 0 saturated heterocycles. The molecule has 0 aliphatic carbocycles. The predicted octanol–water partition coefficient (Wildman–Crippen LogP) is 2.92. The minimum absolute atomic E-state index is 0.176. The third-order valence-electron chi connectivity index (χ3n) is 3.03. The second kappa shape index (κ2) is 5.75. The molecule has 0 bridgehead atoms. The van der Waals surface area contributed by atoms with Crippen molar-refractivity contribution in [3.8, 4) is 5.75 Å². The molecular weight excluding hydrogens is 270 g/mol. The largest absolute Gasteiger partial charge is 0.478 e. The van der Waals surface area contributed by atoms with Crippen molar-refractivity contribution in [3.63, 3.8) is 0 Å². The van der Waals surface area contributed by atoms with E-state index in [0.717, 1.165) is 16.7 Å². The Balaban J connectivity index is 2.38. The van der Waals surface area contributed by atoms with Crippen LogP contribution in [0, 0.1) is 20.8 Å². The first kappa shape index (κ1) is 14.7. The molecule has 2 aromatic rings. The molecule has 21 heavy (non-hydrogen) atoms. The maximum atomic E-state index is 12.2. The summed E-state index contributed by atoms with van der Waals surface area (Å²) in [5.41, 5.74) is 2.31. The van der Waals surface area contributed by atoms with Crippen LogP contribution < -0.4 is 4.74 Å². The SMILES string of the molecule is Cc1cc(C)c(OC(=O)c2ncccc2C(=O)O)c(C)c1. The van der Waals surface area contributed by atoms with Crippen LogP contribution in [0.25, 0.3) is 0 Å². The van der Waals surface area contributed by atoms with Crippen molar-refractivity contribution in [2.75, 3.05) is 0 Å². The highest BCUT2D eigenvalue weighted by atomic mass is 16.5. The second-order valence-electron chi connectivity index (χ2n) is 4.82. The van der Waals surface area contributed by atoms with Gasteiger partial charge >= 0.3 is 11.9 Å². The van der Waals surface area contributed by atoms with Crippen LogP contribution in [-0.2, 0) is 0 Å². The molecular formula is C16H15NO4. The zero-order valence-corrected chi connectivity index (χ0v) is 12.0. The smallest absolute Gasteiger partial charge is 0.363 e. The zero-order chi connectivity index (χ0) is 15.6. The van der Waals surface area contributed by atoms with E-state index in [0.29, 0.717) is 5.75 Å². The maximum Gasteiger partial charge on any atom is 0.363 e. The Bertz CT molecular complexity index is 699. The lowest BCUT2D eigenvalue weighted by atomic mass is 10.1. The van der Waals surface area contributed by atoms with Crippen LogP contribution >= 0.6 is 0 Å². The number of aryl methyl sites for hydroxylation is 3. The van der Waals surface area contributed by atoms with Gasteiger partial charge in [0.25, 0.3) is 0 Å². The number of carboxylic acid groups (broad SMARTS) is 1. The molecule has 0 aliphatic rings. The van der Waals surface area contributed by atoms with Gasteiger partial charge in [0, 0.05) is 6.20 Å².